The maximum absolute atomic E-state index is 12.7. The standard InChI is InChI=1S/C13H15F3O/c14-13(15,16)11-5-2-1-4-10(11)6-9-12(17)7-3-8-12/h1-2,4-5,17H,3,6-9H2. The second kappa shape index (κ2) is 4.33. The normalized spacial score (nSPS) is 18.8. The summed E-state index contributed by atoms with van der Waals surface area (Å²) < 4.78 is 38.1. The molecule has 1 N–H and O–H groups in total. The number of halogens is 3. The first-order valence-corrected chi connectivity index (χ1v) is 5.78. The van der Waals surface area contributed by atoms with Gasteiger partial charge < -0.3 is 5.11 Å². The van der Waals surface area contributed by atoms with E-state index in [1.165, 1.54) is 12.1 Å². The molecular formula is C13H15F3O. The average molecular weight is 244 g/mol. The van der Waals surface area contributed by atoms with Gasteiger partial charge in [-0.1, -0.05) is 18.2 Å². The van der Waals surface area contributed by atoms with E-state index in [-0.39, 0.29) is 12.0 Å². The molecule has 0 radical (unpaired) electrons. The predicted molar refractivity (Wildman–Crippen MR) is 58.6 cm³/mol. The minimum atomic E-state index is -4.31. The van der Waals surface area contributed by atoms with E-state index in [1.807, 2.05) is 0 Å². The van der Waals surface area contributed by atoms with E-state index in [1.54, 1.807) is 6.07 Å². The average Bonchev–Trinajstić information content (AvgIpc) is 2.23. The zero-order valence-corrected chi connectivity index (χ0v) is 9.43. The molecule has 1 aromatic carbocycles. The Bertz CT molecular complexity index is 394. The van der Waals surface area contributed by atoms with Crippen molar-refractivity contribution in [2.24, 2.45) is 0 Å². The number of aliphatic hydroxyl groups is 1. The van der Waals surface area contributed by atoms with Gasteiger partial charge in [0.25, 0.3) is 0 Å². The molecule has 1 fully saturated rings. The van der Waals surface area contributed by atoms with Gasteiger partial charge in [0.05, 0.1) is 11.2 Å². The highest BCUT2D eigenvalue weighted by molar-refractivity contribution is 5.30. The number of hydrogen-bond donors (Lipinski definition) is 1. The van der Waals surface area contributed by atoms with E-state index in [0.29, 0.717) is 19.3 Å². The predicted octanol–water partition coefficient (Wildman–Crippen LogP) is 3.55. The van der Waals surface area contributed by atoms with E-state index in [4.69, 9.17) is 0 Å². The Balaban J connectivity index is 2.10. The van der Waals surface area contributed by atoms with Gasteiger partial charge in [0.15, 0.2) is 0 Å². The van der Waals surface area contributed by atoms with Crippen LogP contribution >= 0.6 is 0 Å². The molecule has 1 aromatic rings. The molecule has 1 aliphatic rings. The van der Waals surface area contributed by atoms with Crippen molar-refractivity contribution in [1.29, 1.82) is 0 Å². The molecule has 1 nitrogen and oxygen atoms in total. The highest BCUT2D eigenvalue weighted by Gasteiger charge is 2.36. The molecule has 0 heterocycles. The topological polar surface area (TPSA) is 20.2 Å². The molecule has 1 saturated carbocycles. The Morgan fingerprint density at radius 2 is 1.82 bits per heavy atom. The molecule has 94 valence electrons. The lowest BCUT2D eigenvalue weighted by atomic mass is 9.76. The Kier molecular flexibility index (Phi) is 3.17. The highest BCUT2D eigenvalue weighted by atomic mass is 19.4. The van der Waals surface area contributed by atoms with Crippen LogP contribution in [-0.2, 0) is 12.6 Å². The lowest BCUT2D eigenvalue weighted by molar-refractivity contribution is -0.138. The molecule has 4 heteroatoms. The van der Waals surface area contributed by atoms with Crippen molar-refractivity contribution < 1.29 is 18.3 Å². The first-order chi connectivity index (χ1) is 7.91. The minimum absolute atomic E-state index is 0.278. The zero-order valence-electron chi connectivity index (χ0n) is 9.43. The lowest BCUT2D eigenvalue weighted by Crippen LogP contribution is -2.37. The van der Waals surface area contributed by atoms with Crippen molar-refractivity contribution >= 4 is 0 Å². The third-order valence-electron chi connectivity index (χ3n) is 3.47. The second-order valence-corrected chi connectivity index (χ2v) is 4.73. The van der Waals surface area contributed by atoms with Crippen molar-refractivity contribution in [2.75, 3.05) is 0 Å². The number of aryl methyl sites for hydroxylation is 1. The van der Waals surface area contributed by atoms with Crippen LogP contribution in [0.4, 0.5) is 13.2 Å². The third kappa shape index (κ3) is 2.80. The second-order valence-electron chi connectivity index (χ2n) is 4.73. The summed E-state index contributed by atoms with van der Waals surface area (Å²) >= 11 is 0. The van der Waals surface area contributed by atoms with E-state index in [2.05, 4.69) is 0 Å². The maximum Gasteiger partial charge on any atom is 0.416 e. The molecular weight excluding hydrogens is 229 g/mol. The van der Waals surface area contributed by atoms with Crippen LogP contribution in [0.15, 0.2) is 24.3 Å². The first kappa shape index (κ1) is 12.4. The Morgan fingerprint density at radius 1 is 1.18 bits per heavy atom. The minimum Gasteiger partial charge on any atom is -0.390 e. The van der Waals surface area contributed by atoms with Gasteiger partial charge in [-0.2, -0.15) is 13.2 Å². The fourth-order valence-electron chi connectivity index (χ4n) is 2.22. The number of rotatable bonds is 3. The van der Waals surface area contributed by atoms with Crippen LogP contribution in [0.5, 0.6) is 0 Å². The van der Waals surface area contributed by atoms with E-state index < -0.39 is 17.3 Å². The van der Waals surface area contributed by atoms with Crippen molar-refractivity contribution in [3.63, 3.8) is 0 Å². The maximum atomic E-state index is 12.7. The summed E-state index contributed by atoms with van der Waals surface area (Å²) in [7, 11) is 0. The SMILES string of the molecule is OC1(CCc2ccccc2C(F)(F)F)CCC1. The first-order valence-electron chi connectivity index (χ1n) is 5.78. The van der Waals surface area contributed by atoms with Crippen LogP contribution in [-0.4, -0.2) is 10.7 Å². The number of benzene rings is 1. The molecule has 17 heavy (non-hydrogen) atoms. The summed E-state index contributed by atoms with van der Waals surface area (Å²) in [6.45, 7) is 0. The van der Waals surface area contributed by atoms with Crippen LogP contribution < -0.4 is 0 Å². The van der Waals surface area contributed by atoms with Gasteiger partial charge >= 0.3 is 6.18 Å². The van der Waals surface area contributed by atoms with Crippen molar-refractivity contribution in [3.8, 4) is 0 Å². The van der Waals surface area contributed by atoms with Crippen LogP contribution in [0, 0.1) is 0 Å². The van der Waals surface area contributed by atoms with Gasteiger partial charge in [-0.05, 0) is 43.7 Å². The third-order valence-corrected chi connectivity index (χ3v) is 3.47. The van der Waals surface area contributed by atoms with Crippen molar-refractivity contribution in [3.05, 3.63) is 35.4 Å². The van der Waals surface area contributed by atoms with E-state index >= 15 is 0 Å². The summed E-state index contributed by atoms with van der Waals surface area (Å²) in [5, 5.41) is 9.88. The molecule has 2 rings (SSSR count). The molecule has 1 aliphatic carbocycles. The molecule has 0 amide bonds. The smallest absolute Gasteiger partial charge is 0.390 e. The van der Waals surface area contributed by atoms with Crippen LogP contribution in [0.3, 0.4) is 0 Å². The van der Waals surface area contributed by atoms with Gasteiger partial charge in [-0.25, -0.2) is 0 Å². The summed E-state index contributed by atoms with van der Waals surface area (Å²) in [6.07, 6.45) is -1.22. The summed E-state index contributed by atoms with van der Waals surface area (Å²) in [6, 6.07) is 5.59. The van der Waals surface area contributed by atoms with Gasteiger partial charge in [0.2, 0.25) is 0 Å². The van der Waals surface area contributed by atoms with Crippen LogP contribution in [0.25, 0.3) is 0 Å². The highest BCUT2D eigenvalue weighted by Crippen LogP contribution is 2.37. The largest absolute Gasteiger partial charge is 0.416 e. The van der Waals surface area contributed by atoms with Crippen molar-refractivity contribution in [1.82, 2.24) is 0 Å². The molecule has 0 aromatic heterocycles. The summed E-state index contributed by atoms with van der Waals surface area (Å²) in [5.74, 6) is 0. The Labute approximate surface area is 98.3 Å². The summed E-state index contributed by atoms with van der Waals surface area (Å²) in [4.78, 5) is 0. The van der Waals surface area contributed by atoms with E-state index in [0.717, 1.165) is 12.5 Å². The Hall–Kier alpha value is -1.03. The van der Waals surface area contributed by atoms with E-state index in [9.17, 15) is 18.3 Å². The van der Waals surface area contributed by atoms with Gasteiger partial charge in [-0.15, -0.1) is 0 Å². The van der Waals surface area contributed by atoms with Crippen molar-refractivity contribution in [2.45, 2.75) is 43.9 Å². The van der Waals surface area contributed by atoms with Crippen LogP contribution in [0.1, 0.15) is 36.8 Å². The molecule has 0 atom stereocenters. The monoisotopic (exact) mass is 244 g/mol. The number of alkyl halides is 3. The molecule has 0 aliphatic heterocycles. The van der Waals surface area contributed by atoms with Gasteiger partial charge in [0.1, 0.15) is 0 Å². The zero-order chi connectivity index (χ0) is 12.5. The van der Waals surface area contributed by atoms with Gasteiger partial charge in [0, 0.05) is 0 Å². The molecule has 0 bridgehead atoms. The van der Waals surface area contributed by atoms with Gasteiger partial charge in [-0.3, -0.25) is 0 Å². The molecule has 0 unspecified atom stereocenters. The number of hydrogen-bond acceptors (Lipinski definition) is 1. The van der Waals surface area contributed by atoms with Crippen LogP contribution in [0.2, 0.25) is 0 Å². The Morgan fingerprint density at radius 3 is 2.35 bits per heavy atom. The summed E-state index contributed by atoms with van der Waals surface area (Å²) in [5.41, 5.74) is -1.03. The molecule has 0 saturated heterocycles. The molecule has 0 spiro atoms. The lowest BCUT2D eigenvalue weighted by Gasteiger charge is -2.36. The fourth-order valence-corrected chi connectivity index (χ4v) is 2.22. The quantitative estimate of drug-likeness (QED) is 0.862. The fraction of sp³-hybridized carbons (Fsp3) is 0.538.